The van der Waals surface area contributed by atoms with E-state index in [2.05, 4.69) is 25.1 Å². The second-order valence-corrected chi connectivity index (χ2v) is 6.52. The van der Waals surface area contributed by atoms with Crippen LogP contribution in [-0.4, -0.2) is 46.3 Å². The number of anilines is 2. The maximum absolute atomic E-state index is 12.8. The van der Waals surface area contributed by atoms with Crippen molar-refractivity contribution in [3.8, 4) is 0 Å². The standard InChI is InChI=1S/C16H17F3N6/c1-24(15-6-13(16(17,18)19)20-9-21-15)11-7-25(8-11)14-5-4-12(22-23-14)10-2-3-10/h4-6,9-11H,2-3,7-8H2,1H3. The SMILES string of the molecule is CN(c1cc(C(F)(F)F)ncn1)C1CN(c2ccc(C3CC3)nn2)C1. The Morgan fingerprint density at radius 3 is 2.48 bits per heavy atom. The molecule has 1 aliphatic carbocycles. The maximum atomic E-state index is 12.8. The maximum Gasteiger partial charge on any atom is 0.433 e. The molecular formula is C16H17F3N6. The zero-order valence-electron chi connectivity index (χ0n) is 13.6. The van der Waals surface area contributed by atoms with E-state index in [0.717, 1.165) is 23.9 Å². The predicted molar refractivity (Wildman–Crippen MR) is 85.4 cm³/mol. The molecule has 3 heterocycles. The molecule has 0 bridgehead atoms. The van der Waals surface area contributed by atoms with Gasteiger partial charge in [-0.3, -0.25) is 0 Å². The summed E-state index contributed by atoms with van der Waals surface area (Å²) in [7, 11) is 1.74. The average Bonchev–Trinajstić information content (AvgIpc) is 3.38. The summed E-state index contributed by atoms with van der Waals surface area (Å²) in [4.78, 5) is 11.1. The van der Waals surface area contributed by atoms with E-state index in [9.17, 15) is 13.2 Å². The number of alkyl halides is 3. The highest BCUT2D eigenvalue weighted by Crippen LogP contribution is 2.39. The molecule has 1 aliphatic heterocycles. The fraction of sp³-hybridized carbons (Fsp3) is 0.500. The van der Waals surface area contributed by atoms with E-state index in [4.69, 9.17) is 0 Å². The van der Waals surface area contributed by atoms with Gasteiger partial charge in [-0.05, 0) is 25.0 Å². The van der Waals surface area contributed by atoms with Gasteiger partial charge in [-0.15, -0.1) is 5.10 Å². The van der Waals surface area contributed by atoms with Crippen LogP contribution in [0, 0.1) is 0 Å². The first kappa shape index (κ1) is 16.0. The van der Waals surface area contributed by atoms with Crippen LogP contribution in [0.1, 0.15) is 30.1 Å². The number of aromatic nitrogens is 4. The molecule has 4 rings (SSSR count). The lowest BCUT2D eigenvalue weighted by molar-refractivity contribution is -0.141. The molecule has 1 saturated carbocycles. The third kappa shape index (κ3) is 3.22. The highest BCUT2D eigenvalue weighted by molar-refractivity contribution is 5.48. The Kier molecular flexibility index (Phi) is 3.73. The zero-order chi connectivity index (χ0) is 17.6. The summed E-state index contributed by atoms with van der Waals surface area (Å²) in [6.45, 7) is 1.33. The Hall–Kier alpha value is -2.45. The fourth-order valence-electron chi connectivity index (χ4n) is 2.87. The number of nitrogens with zero attached hydrogens (tertiary/aromatic N) is 6. The molecule has 132 valence electrons. The van der Waals surface area contributed by atoms with E-state index in [-0.39, 0.29) is 11.9 Å². The Morgan fingerprint density at radius 2 is 1.88 bits per heavy atom. The largest absolute Gasteiger partial charge is 0.433 e. The van der Waals surface area contributed by atoms with Crippen molar-refractivity contribution in [1.82, 2.24) is 20.2 Å². The molecule has 0 unspecified atom stereocenters. The molecule has 2 aromatic heterocycles. The van der Waals surface area contributed by atoms with Gasteiger partial charge in [0.15, 0.2) is 5.82 Å². The zero-order valence-corrected chi connectivity index (χ0v) is 13.6. The van der Waals surface area contributed by atoms with Crippen molar-refractivity contribution >= 4 is 11.6 Å². The van der Waals surface area contributed by atoms with E-state index < -0.39 is 11.9 Å². The van der Waals surface area contributed by atoms with Crippen LogP contribution in [0.3, 0.4) is 0 Å². The fourth-order valence-corrected chi connectivity index (χ4v) is 2.87. The van der Waals surface area contributed by atoms with Crippen molar-refractivity contribution in [2.75, 3.05) is 29.9 Å². The van der Waals surface area contributed by atoms with Gasteiger partial charge in [0.1, 0.15) is 17.8 Å². The van der Waals surface area contributed by atoms with Gasteiger partial charge in [0, 0.05) is 32.1 Å². The van der Waals surface area contributed by atoms with Gasteiger partial charge in [-0.1, -0.05) is 0 Å². The second-order valence-electron chi connectivity index (χ2n) is 6.52. The second kappa shape index (κ2) is 5.82. The molecule has 9 heteroatoms. The summed E-state index contributed by atoms with van der Waals surface area (Å²) in [5, 5.41) is 8.52. The van der Waals surface area contributed by atoms with Crippen molar-refractivity contribution in [2.45, 2.75) is 31.0 Å². The third-order valence-electron chi connectivity index (χ3n) is 4.71. The molecule has 6 nitrogen and oxygen atoms in total. The minimum Gasteiger partial charge on any atom is -0.353 e. The predicted octanol–water partition coefficient (Wildman–Crippen LogP) is 2.49. The number of hydrogen-bond acceptors (Lipinski definition) is 6. The summed E-state index contributed by atoms with van der Waals surface area (Å²) in [5.74, 6) is 1.63. The van der Waals surface area contributed by atoms with Crippen LogP contribution in [0.15, 0.2) is 24.5 Å². The molecule has 0 amide bonds. The Balaban J connectivity index is 1.39. The molecule has 25 heavy (non-hydrogen) atoms. The molecule has 2 aromatic rings. The van der Waals surface area contributed by atoms with Crippen molar-refractivity contribution in [1.29, 1.82) is 0 Å². The topological polar surface area (TPSA) is 58.0 Å². The van der Waals surface area contributed by atoms with Crippen molar-refractivity contribution in [2.24, 2.45) is 0 Å². The summed E-state index contributed by atoms with van der Waals surface area (Å²) < 4.78 is 38.3. The molecular weight excluding hydrogens is 333 g/mol. The van der Waals surface area contributed by atoms with Crippen molar-refractivity contribution < 1.29 is 13.2 Å². The highest BCUT2D eigenvalue weighted by Gasteiger charge is 2.36. The smallest absolute Gasteiger partial charge is 0.353 e. The van der Waals surface area contributed by atoms with Gasteiger partial charge >= 0.3 is 6.18 Å². The molecule has 0 spiro atoms. The van der Waals surface area contributed by atoms with Crippen molar-refractivity contribution in [3.05, 3.63) is 35.9 Å². The molecule has 0 radical (unpaired) electrons. The first-order valence-electron chi connectivity index (χ1n) is 8.12. The minimum atomic E-state index is -4.47. The summed E-state index contributed by atoms with van der Waals surface area (Å²) in [6.07, 6.45) is -1.15. The molecule has 2 fully saturated rings. The molecule has 0 atom stereocenters. The number of halogens is 3. The number of likely N-dealkylation sites (N-methyl/N-ethyl adjacent to an activating group) is 1. The van der Waals surface area contributed by atoms with Crippen LogP contribution in [0.2, 0.25) is 0 Å². The molecule has 0 aromatic carbocycles. The van der Waals surface area contributed by atoms with Gasteiger partial charge in [0.2, 0.25) is 0 Å². The van der Waals surface area contributed by atoms with Crippen LogP contribution in [0.4, 0.5) is 24.8 Å². The van der Waals surface area contributed by atoms with Crippen molar-refractivity contribution in [3.63, 3.8) is 0 Å². The number of rotatable bonds is 4. The first-order valence-corrected chi connectivity index (χ1v) is 8.12. The monoisotopic (exact) mass is 350 g/mol. The van der Waals surface area contributed by atoms with Crippen LogP contribution in [0.5, 0.6) is 0 Å². The summed E-state index contributed by atoms with van der Waals surface area (Å²) >= 11 is 0. The quantitative estimate of drug-likeness (QED) is 0.844. The average molecular weight is 350 g/mol. The highest BCUT2D eigenvalue weighted by atomic mass is 19.4. The summed E-state index contributed by atoms with van der Waals surface area (Å²) in [5.41, 5.74) is 0.112. The molecule has 2 aliphatic rings. The van der Waals surface area contributed by atoms with E-state index in [1.165, 1.54) is 12.8 Å². The molecule has 0 N–H and O–H groups in total. The minimum absolute atomic E-state index is 0.0703. The lowest BCUT2D eigenvalue weighted by Gasteiger charge is -2.44. The Bertz CT molecular complexity index is 753. The summed E-state index contributed by atoms with van der Waals surface area (Å²) in [6, 6.07) is 5.02. The van der Waals surface area contributed by atoms with Crippen LogP contribution in [0.25, 0.3) is 0 Å². The Morgan fingerprint density at radius 1 is 1.12 bits per heavy atom. The molecule has 1 saturated heterocycles. The van der Waals surface area contributed by atoms with E-state index >= 15 is 0 Å². The number of hydrogen-bond donors (Lipinski definition) is 0. The van der Waals surface area contributed by atoms with Gasteiger partial charge in [-0.2, -0.15) is 18.3 Å². The normalized spacial score (nSPS) is 18.2. The Labute approximate surface area is 142 Å². The first-order chi connectivity index (χ1) is 11.9. The van der Waals surface area contributed by atoms with Crippen LogP contribution < -0.4 is 9.80 Å². The van der Waals surface area contributed by atoms with Crippen LogP contribution >= 0.6 is 0 Å². The van der Waals surface area contributed by atoms with Crippen LogP contribution in [-0.2, 0) is 6.18 Å². The van der Waals surface area contributed by atoms with Gasteiger partial charge < -0.3 is 9.80 Å². The van der Waals surface area contributed by atoms with E-state index in [1.54, 1.807) is 11.9 Å². The van der Waals surface area contributed by atoms with E-state index in [0.29, 0.717) is 19.0 Å². The third-order valence-corrected chi connectivity index (χ3v) is 4.71. The lowest BCUT2D eigenvalue weighted by Crippen LogP contribution is -2.59. The van der Waals surface area contributed by atoms with Gasteiger partial charge in [-0.25, -0.2) is 9.97 Å². The van der Waals surface area contributed by atoms with E-state index in [1.807, 2.05) is 12.1 Å². The lowest BCUT2D eigenvalue weighted by atomic mass is 10.1. The van der Waals surface area contributed by atoms with Gasteiger partial charge in [0.25, 0.3) is 0 Å². The van der Waals surface area contributed by atoms with Gasteiger partial charge in [0.05, 0.1) is 11.7 Å².